The first-order valence-electron chi connectivity index (χ1n) is 5.75. The molecule has 2 atom stereocenters. The summed E-state index contributed by atoms with van der Waals surface area (Å²) < 4.78 is 14.5. The van der Waals surface area contributed by atoms with E-state index >= 15 is 0 Å². The normalized spacial score (nSPS) is 14.8. The molecule has 0 aliphatic heterocycles. The van der Waals surface area contributed by atoms with Crippen molar-refractivity contribution in [1.29, 1.82) is 0 Å². The van der Waals surface area contributed by atoms with Crippen LogP contribution in [0.3, 0.4) is 0 Å². The number of hydrogen-bond acceptors (Lipinski definition) is 1. The molecule has 2 unspecified atom stereocenters. The van der Waals surface area contributed by atoms with Crippen LogP contribution in [0, 0.1) is 5.82 Å². The molecule has 0 radical (unpaired) electrons. The fourth-order valence-corrected chi connectivity index (χ4v) is 2.26. The lowest BCUT2D eigenvalue weighted by molar-refractivity contribution is 0.440. The van der Waals surface area contributed by atoms with Gasteiger partial charge >= 0.3 is 0 Å². The van der Waals surface area contributed by atoms with Crippen LogP contribution in [-0.4, -0.2) is 6.04 Å². The van der Waals surface area contributed by atoms with E-state index in [0.717, 1.165) is 22.9 Å². The van der Waals surface area contributed by atoms with Gasteiger partial charge in [0.2, 0.25) is 0 Å². The van der Waals surface area contributed by atoms with Crippen molar-refractivity contribution in [2.45, 2.75) is 45.7 Å². The fraction of sp³-hybridized carbons (Fsp3) is 0.538. The molecule has 0 heterocycles. The molecule has 0 saturated carbocycles. The Morgan fingerprint density at radius 3 is 2.69 bits per heavy atom. The third-order valence-electron chi connectivity index (χ3n) is 2.68. The smallest absolute Gasteiger partial charge is 0.128 e. The van der Waals surface area contributed by atoms with Crippen molar-refractivity contribution in [3.05, 3.63) is 34.1 Å². The van der Waals surface area contributed by atoms with Crippen LogP contribution in [0.1, 0.15) is 45.2 Å². The second kappa shape index (κ2) is 6.36. The molecule has 0 amide bonds. The van der Waals surface area contributed by atoms with Crippen LogP contribution in [0.15, 0.2) is 22.7 Å². The molecule has 0 aromatic heterocycles. The molecule has 0 bridgehead atoms. The highest BCUT2D eigenvalue weighted by Crippen LogP contribution is 2.22. The average molecular weight is 288 g/mol. The van der Waals surface area contributed by atoms with Gasteiger partial charge in [0.1, 0.15) is 5.82 Å². The molecule has 1 rings (SSSR count). The Balaban J connectivity index is 2.72. The highest BCUT2D eigenvalue weighted by molar-refractivity contribution is 9.10. The lowest BCUT2D eigenvalue weighted by Gasteiger charge is -2.20. The minimum absolute atomic E-state index is 0.0408. The molecule has 16 heavy (non-hydrogen) atoms. The van der Waals surface area contributed by atoms with Crippen LogP contribution >= 0.6 is 15.9 Å². The first-order valence-corrected chi connectivity index (χ1v) is 6.55. The van der Waals surface area contributed by atoms with Gasteiger partial charge in [-0.2, -0.15) is 0 Å². The molecule has 0 aliphatic rings. The van der Waals surface area contributed by atoms with Crippen LogP contribution in [0.4, 0.5) is 4.39 Å². The Hall–Kier alpha value is -0.410. The van der Waals surface area contributed by atoms with Gasteiger partial charge in [-0.05, 0) is 38.5 Å². The van der Waals surface area contributed by atoms with E-state index in [4.69, 9.17) is 0 Å². The number of hydrogen-bond donors (Lipinski definition) is 1. The maximum Gasteiger partial charge on any atom is 0.128 e. The first-order chi connectivity index (χ1) is 7.54. The van der Waals surface area contributed by atoms with Gasteiger partial charge in [-0.25, -0.2) is 4.39 Å². The zero-order valence-corrected chi connectivity index (χ0v) is 11.6. The van der Waals surface area contributed by atoms with Crippen molar-refractivity contribution >= 4 is 15.9 Å². The van der Waals surface area contributed by atoms with Crippen molar-refractivity contribution in [3.8, 4) is 0 Å². The van der Waals surface area contributed by atoms with Gasteiger partial charge in [0.05, 0.1) is 0 Å². The summed E-state index contributed by atoms with van der Waals surface area (Å²) in [4.78, 5) is 0. The summed E-state index contributed by atoms with van der Waals surface area (Å²) in [6.07, 6.45) is 2.25. The average Bonchev–Trinajstić information content (AvgIpc) is 2.21. The van der Waals surface area contributed by atoms with Crippen molar-refractivity contribution in [1.82, 2.24) is 5.32 Å². The van der Waals surface area contributed by atoms with Crippen molar-refractivity contribution < 1.29 is 4.39 Å². The Morgan fingerprint density at radius 1 is 1.38 bits per heavy atom. The Labute approximate surface area is 106 Å². The summed E-state index contributed by atoms with van der Waals surface area (Å²) in [6.45, 7) is 6.29. The van der Waals surface area contributed by atoms with Gasteiger partial charge in [0, 0.05) is 22.1 Å². The minimum Gasteiger partial charge on any atom is -0.308 e. The van der Waals surface area contributed by atoms with E-state index in [2.05, 4.69) is 35.1 Å². The van der Waals surface area contributed by atoms with Gasteiger partial charge in [-0.15, -0.1) is 0 Å². The summed E-state index contributed by atoms with van der Waals surface area (Å²) in [6, 6.07) is 5.52. The molecule has 1 nitrogen and oxygen atoms in total. The number of benzene rings is 1. The predicted octanol–water partition coefficient (Wildman–Crippen LogP) is 4.43. The van der Waals surface area contributed by atoms with Crippen LogP contribution in [-0.2, 0) is 0 Å². The largest absolute Gasteiger partial charge is 0.308 e. The molecule has 90 valence electrons. The lowest BCUT2D eigenvalue weighted by atomic mass is 10.1. The van der Waals surface area contributed by atoms with Gasteiger partial charge in [-0.1, -0.05) is 29.3 Å². The molecule has 1 N–H and O–H groups in total. The summed E-state index contributed by atoms with van der Waals surface area (Å²) in [5.41, 5.74) is 0.720. The Kier molecular flexibility index (Phi) is 5.42. The highest BCUT2D eigenvalue weighted by Gasteiger charge is 2.13. The summed E-state index contributed by atoms with van der Waals surface area (Å²) in [5, 5.41) is 3.40. The molecule has 1 aromatic rings. The van der Waals surface area contributed by atoms with Crippen molar-refractivity contribution in [2.75, 3.05) is 0 Å². The SMILES string of the molecule is CCCC(C)NC(C)c1cc(Br)ccc1F. The monoisotopic (exact) mass is 287 g/mol. The van der Waals surface area contributed by atoms with Gasteiger partial charge < -0.3 is 5.32 Å². The lowest BCUT2D eigenvalue weighted by Crippen LogP contribution is -2.29. The van der Waals surface area contributed by atoms with E-state index in [9.17, 15) is 4.39 Å². The van der Waals surface area contributed by atoms with Crippen LogP contribution in [0.25, 0.3) is 0 Å². The maximum atomic E-state index is 13.6. The Bertz CT molecular complexity index is 341. The molecular weight excluding hydrogens is 269 g/mol. The minimum atomic E-state index is -0.146. The first kappa shape index (κ1) is 13.7. The molecule has 0 saturated heterocycles. The standard InChI is InChI=1S/C13H19BrFN/c1-4-5-9(2)16-10(3)12-8-11(14)6-7-13(12)15/h6-10,16H,4-5H2,1-3H3. The third kappa shape index (κ3) is 3.87. The van der Waals surface area contributed by atoms with E-state index in [-0.39, 0.29) is 11.9 Å². The fourth-order valence-electron chi connectivity index (χ4n) is 1.88. The zero-order valence-electron chi connectivity index (χ0n) is 10.1. The summed E-state index contributed by atoms with van der Waals surface area (Å²) in [7, 11) is 0. The molecular formula is C13H19BrFN. The quantitative estimate of drug-likeness (QED) is 0.845. The van der Waals surface area contributed by atoms with Gasteiger partial charge in [0.25, 0.3) is 0 Å². The topological polar surface area (TPSA) is 12.0 Å². The third-order valence-corrected chi connectivity index (χ3v) is 3.17. The Morgan fingerprint density at radius 2 is 2.06 bits per heavy atom. The van der Waals surface area contributed by atoms with E-state index in [1.165, 1.54) is 6.07 Å². The number of rotatable bonds is 5. The van der Waals surface area contributed by atoms with E-state index in [1.807, 2.05) is 13.0 Å². The second-order valence-corrected chi connectivity index (χ2v) is 5.16. The predicted molar refractivity (Wildman–Crippen MR) is 70.0 cm³/mol. The van der Waals surface area contributed by atoms with Gasteiger partial charge in [0.15, 0.2) is 0 Å². The molecule has 1 aromatic carbocycles. The number of halogens is 2. The van der Waals surface area contributed by atoms with E-state index in [0.29, 0.717) is 6.04 Å². The van der Waals surface area contributed by atoms with Crippen LogP contribution in [0.2, 0.25) is 0 Å². The van der Waals surface area contributed by atoms with Crippen molar-refractivity contribution in [3.63, 3.8) is 0 Å². The van der Waals surface area contributed by atoms with Crippen LogP contribution < -0.4 is 5.32 Å². The molecule has 3 heteroatoms. The van der Waals surface area contributed by atoms with Crippen molar-refractivity contribution in [2.24, 2.45) is 0 Å². The van der Waals surface area contributed by atoms with Gasteiger partial charge in [-0.3, -0.25) is 0 Å². The highest BCUT2D eigenvalue weighted by atomic mass is 79.9. The van der Waals surface area contributed by atoms with E-state index in [1.54, 1.807) is 6.07 Å². The number of nitrogens with one attached hydrogen (secondary N) is 1. The molecule has 0 aliphatic carbocycles. The summed E-state index contributed by atoms with van der Waals surface area (Å²) in [5.74, 6) is -0.146. The molecule has 0 spiro atoms. The van der Waals surface area contributed by atoms with Crippen LogP contribution in [0.5, 0.6) is 0 Å². The summed E-state index contributed by atoms with van der Waals surface area (Å²) >= 11 is 3.37. The maximum absolute atomic E-state index is 13.6. The van der Waals surface area contributed by atoms with E-state index < -0.39 is 0 Å². The zero-order chi connectivity index (χ0) is 12.1. The second-order valence-electron chi connectivity index (χ2n) is 4.24. The molecule has 0 fully saturated rings.